The number of hydrogen-bond acceptors (Lipinski definition) is 6. The van der Waals surface area contributed by atoms with Crippen LogP contribution in [0.15, 0.2) is 18.2 Å². The van der Waals surface area contributed by atoms with Crippen LogP contribution < -0.4 is 9.64 Å². The van der Waals surface area contributed by atoms with Gasteiger partial charge in [0.2, 0.25) is 0 Å². The molecule has 1 heterocycles. The molecule has 0 spiro atoms. The van der Waals surface area contributed by atoms with Gasteiger partial charge in [-0.3, -0.25) is 10.1 Å². The van der Waals surface area contributed by atoms with Gasteiger partial charge in [0.1, 0.15) is 5.75 Å². The van der Waals surface area contributed by atoms with Gasteiger partial charge in [0.15, 0.2) is 0 Å². The molecule has 2 rings (SSSR count). The van der Waals surface area contributed by atoms with Crippen molar-refractivity contribution in [2.75, 3.05) is 44.8 Å². The zero-order valence-electron chi connectivity index (χ0n) is 12.7. The molecule has 1 aliphatic rings. The van der Waals surface area contributed by atoms with Crippen LogP contribution in [0.3, 0.4) is 0 Å². The largest absolute Gasteiger partial charge is 0.495 e. The second-order valence-electron chi connectivity index (χ2n) is 4.79. The van der Waals surface area contributed by atoms with Crippen LogP contribution in [0.1, 0.15) is 6.92 Å². The number of benzene rings is 1. The molecule has 22 heavy (non-hydrogen) atoms. The van der Waals surface area contributed by atoms with Crippen molar-refractivity contribution in [3.8, 4) is 5.75 Å². The summed E-state index contributed by atoms with van der Waals surface area (Å²) in [4.78, 5) is 25.8. The number of amides is 1. The fourth-order valence-electron chi connectivity index (χ4n) is 2.38. The Morgan fingerprint density at radius 3 is 2.55 bits per heavy atom. The normalized spacial score (nSPS) is 14.6. The Kier molecular flexibility index (Phi) is 5.03. The Bertz CT molecular complexity index is 555. The van der Waals surface area contributed by atoms with E-state index in [0.717, 1.165) is 0 Å². The van der Waals surface area contributed by atoms with Crippen LogP contribution in [0.2, 0.25) is 0 Å². The first-order valence-electron chi connectivity index (χ1n) is 7.06. The lowest BCUT2D eigenvalue weighted by Gasteiger charge is -2.35. The van der Waals surface area contributed by atoms with Gasteiger partial charge < -0.3 is 19.3 Å². The number of non-ortho nitro benzene ring substituents is 1. The lowest BCUT2D eigenvalue weighted by atomic mass is 10.2. The topological polar surface area (TPSA) is 85.2 Å². The highest BCUT2D eigenvalue weighted by atomic mass is 16.6. The van der Waals surface area contributed by atoms with Crippen molar-refractivity contribution in [2.45, 2.75) is 6.92 Å². The van der Waals surface area contributed by atoms with E-state index in [1.807, 2.05) is 4.90 Å². The quantitative estimate of drug-likeness (QED) is 0.623. The maximum absolute atomic E-state index is 11.7. The number of piperazine rings is 1. The van der Waals surface area contributed by atoms with Crippen LogP contribution in [-0.2, 0) is 4.74 Å². The molecule has 0 aromatic heterocycles. The number of nitro groups is 1. The highest BCUT2D eigenvalue weighted by Crippen LogP contribution is 2.32. The lowest BCUT2D eigenvalue weighted by Crippen LogP contribution is -2.49. The van der Waals surface area contributed by atoms with Crippen molar-refractivity contribution < 1.29 is 19.2 Å². The minimum Gasteiger partial charge on any atom is -0.495 e. The van der Waals surface area contributed by atoms with E-state index in [0.29, 0.717) is 44.2 Å². The molecule has 0 radical (unpaired) electrons. The fraction of sp³-hybridized carbons (Fsp3) is 0.500. The summed E-state index contributed by atoms with van der Waals surface area (Å²) in [7, 11) is 1.53. The summed E-state index contributed by atoms with van der Waals surface area (Å²) in [5.41, 5.74) is 0.684. The van der Waals surface area contributed by atoms with Crippen LogP contribution in [-0.4, -0.2) is 55.8 Å². The van der Waals surface area contributed by atoms with E-state index in [1.54, 1.807) is 17.9 Å². The number of carbonyl (C=O) groups is 1. The minimum atomic E-state index is -0.433. The van der Waals surface area contributed by atoms with Gasteiger partial charge in [0.25, 0.3) is 5.69 Å². The third-order valence-corrected chi connectivity index (χ3v) is 3.52. The molecular weight excluding hydrogens is 290 g/mol. The molecule has 0 saturated carbocycles. The van der Waals surface area contributed by atoms with Crippen LogP contribution in [0, 0.1) is 10.1 Å². The minimum absolute atomic E-state index is 0.0172. The molecule has 1 aromatic rings. The predicted molar refractivity (Wildman–Crippen MR) is 80.5 cm³/mol. The monoisotopic (exact) mass is 309 g/mol. The molecule has 120 valence electrons. The summed E-state index contributed by atoms with van der Waals surface area (Å²) in [5, 5.41) is 10.9. The third kappa shape index (κ3) is 3.38. The Labute approximate surface area is 128 Å². The molecule has 1 fully saturated rings. The summed E-state index contributed by atoms with van der Waals surface area (Å²) >= 11 is 0. The zero-order chi connectivity index (χ0) is 16.1. The summed E-state index contributed by atoms with van der Waals surface area (Å²) in [6.07, 6.45) is -0.326. The van der Waals surface area contributed by atoms with Crippen molar-refractivity contribution in [1.29, 1.82) is 0 Å². The molecular formula is C14H19N3O5. The van der Waals surface area contributed by atoms with Crippen LogP contribution in [0.5, 0.6) is 5.75 Å². The number of methoxy groups -OCH3 is 1. The Hall–Kier alpha value is -2.51. The van der Waals surface area contributed by atoms with E-state index in [2.05, 4.69) is 0 Å². The number of anilines is 1. The number of ether oxygens (including phenoxy) is 2. The van der Waals surface area contributed by atoms with Crippen molar-refractivity contribution in [2.24, 2.45) is 0 Å². The molecule has 8 heteroatoms. The number of nitro benzene ring substituents is 1. The Balaban J connectivity index is 2.11. The van der Waals surface area contributed by atoms with E-state index >= 15 is 0 Å². The number of hydrogen-bond donors (Lipinski definition) is 0. The molecule has 8 nitrogen and oxygen atoms in total. The molecule has 0 aliphatic carbocycles. The Morgan fingerprint density at radius 2 is 2.00 bits per heavy atom. The predicted octanol–water partition coefficient (Wildman–Crippen LogP) is 1.88. The molecule has 1 saturated heterocycles. The van der Waals surface area contributed by atoms with Crippen LogP contribution >= 0.6 is 0 Å². The maximum atomic E-state index is 11.7. The maximum Gasteiger partial charge on any atom is 0.409 e. The van der Waals surface area contributed by atoms with Gasteiger partial charge in [0.05, 0.1) is 24.3 Å². The molecule has 0 unspecified atom stereocenters. The van der Waals surface area contributed by atoms with Crippen molar-refractivity contribution >= 4 is 17.5 Å². The molecule has 0 atom stereocenters. The summed E-state index contributed by atoms with van der Waals surface area (Å²) in [5.74, 6) is 0.579. The fourth-order valence-corrected chi connectivity index (χ4v) is 2.38. The highest BCUT2D eigenvalue weighted by Gasteiger charge is 2.24. The van der Waals surface area contributed by atoms with Crippen molar-refractivity contribution in [1.82, 2.24) is 4.90 Å². The third-order valence-electron chi connectivity index (χ3n) is 3.52. The summed E-state index contributed by atoms with van der Waals surface area (Å²) < 4.78 is 10.2. The van der Waals surface area contributed by atoms with Crippen LogP contribution in [0.25, 0.3) is 0 Å². The van der Waals surface area contributed by atoms with Gasteiger partial charge in [-0.15, -0.1) is 0 Å². The van der Waals surface area contributed by atoms with E-state index < -0.39 is 4.92 Å². The summed E-state index contributed by atoms with van der Waals surface area (Å²) in [6, 6.07) is 4.50. The number of nitrogens with zero attached hydrogens (tertiary/aromatic N) is 3. The molecule has 1 aromatic carbocycles. The average molecular weight is 309 g/mol. The zero-order valence-corrected chi connectivity index (χ0v) is 12.7. The molecule has 0 N–H and O–H groups in total. The summed E-state index contributed by atoms with van der Waals surface area (Å²) in [6.45, 7) is 4.25. The first kappa shape index (κ1) is 15.9. The van der Waals surface area contributed by atoms with Gasteiger partial charge in [0, 0.05) is 38.3 Å². The van der Waals surface area contributed by atoms with E-state index in [4.69, 9.17) is 9.47 Å². The molecule has 1 aliphatic heterocycles. The highest BCUT2D eigenvalue weighted by molar-refractivity contribution is 5.69. The molecule has 1 amide bonds. The van der Waals surface area contributed by atoms with Gasteiger partial charge in [-0.25, -0.2) is 4.79 Å². The van der Waals surface area contributed by atoms with Crippen molar-refractivity contribution in [3.63, 3.8) is 0 Å². The first-order valence-corrected chi connectivity index (χ1v) is 7.06. The average Bonchev–Trinajstić information content (AvgIpc) is 2.54. The van der Waals surface area contributed by atoms with Gasteiger partial charge in [-0.2, -0.15) is 0 Å². The first-order chi connectivity index (χ1) is 10.6. The second kappa shape index (κ2) is 6.97. The van der Waals surface area contributed by atoms with Gasteiger partial charge in [-0.05, 0) is 13.0 Å². The van der Waals surface area contributed by atoms with E-state index in [9.17, 15) is 14.9 Å². The van der Waals surface area contributed by atoms with E-state index in [1.165, 1.54) is 19.2 Å². The SMILES string of the molecule is CCOC(=O)N1CCN(c2cc([N+](=O)[O-])ccc2OC)CC1. The van der Waals surface area contributed by atoms with Gasteiger partial charge >= 0.3 is 6.09 Å². The van der Waals surface area contributed by atoms with Crippen LogP contribution in [0.4, 0.5) is 16.2 Å². The number of carbonyl (C=O) groups excluding carboxylic acids is 1. The van der Waals surface area contributed by atoms with E-state index in [-0.39, 0.29) is 11.8 Å². The van der Waals surface area contributed by atoms with Crippen molar-refractivity contribution in [3.05, 3.63) is 28.3 Å². The second-order valence-corrected chi connectivity index (χ2v) is 4.79. The van der Waals surface area contributed by atoms with Gasteiger partial charge in [-0.1, -0.05) is 0 Å². The Morgan fingerprint density at radius 1 is 1.32 bits per heavy atom. The molecule has 0 bridgehead atoms. The smallest absolute Gasteiger partial charge is 0.409 e. The number of rotatable bonds is 4. The lowest BCUT2D eigenvalue weighted by molar-refractivity contribution is -0.384. The standard InChI is InChI=1S/C14H19N3O5/c1-3-22-14(18)16-8-6-15(7-9-16)12-10-11(17(19)20)4-5-13(12)21-2/h4-5,10H,3,6-9H2,1-2H3.